The van der Waals surface area contributed by atoms with Crippen molar-refractivity contribution < 1.29 is 4.52 Å². The van der Waals surface area contributed by atoms with Crippen LogP contribution in [-0.2, 0) is 6.42 Å². The van der Waals surface area contributed by atoms with Crippen LogP contribution in [0.25, 0.3) is 0 Å². The molecule has 78 valence electrons. The molecule has 0 saturated carbocycles. The van der Waals surface area contributed by atoms with E-state index in [9.17, 15) is 0 Å². The summed E-state index contributed by atoms with van der Waals surface area (Å²) in [5, 5.41) is 6.55. The van der Waals surface area contributed by atoms with E-state index in [1.807, 2.05) is 0 Å². The summed E-state index contributed by atoms with van der Waals surface area (Å²) in [6.45, 7) is 0.654. The van der Waals surface area contributed by atoms with Gasteiger partial charge in [-0.1, -0.05) is 5.16 Å². The Balaban J connectivity index is 1.81. The molecule has 0 saturated heterocycles. The molecule has 0 aliphatic carbocycles. The average molecular weight is 206 g/mol. The summed E-state index contributed by atoms with van der Waals surface area (Å²) in [6.07, 6.45) is 5.09. The van der Waals surface area contributed by atoms with E-state index in [2.05, 4.69) is 25.4 Å². The summed E-state index contributed by atoms with van der Waals surface area (Å²) in [4.78, 5) is 11.8. The van der Waals surface area contributed by atoms with Crippen LogP contribution in [0.2, 0.25) is 0 Å². The van der Waals surface area contributed by atoms with Crippen molar-refractivity contribution in [3.05, 3.63) is 24.6 Å². The van der Waals surface area contributed by atoms with Crippen molar-refractivity contribution in [1.29, 1.82) is 0 Å². The third-order valence-corrected chi connectivity index (χ3v) is 1.72. The van der Waals surface area contributed by atoms with Crippen LogP contribution in [0.3, 0.4) is 0 Å². The van der Waals surface area contributed by atoms with Gasteiger partial charge in [0.25, 0.3) is 0 Å². The standard InChI is InChI=1S/C8H10N6O/c9-6-3-12-7(4-11-6)10-2-1-8-13-5-14-15-8/h3-5H,1-2H2,(H2,9,11)(H,10,12). The van der Waals surface area contributed by atoms with Gasteiger partial charge >= 0.3 is 0 Å². The van der Waals surface area contributed by atoms with Gasteiger partial charge in [0.15, 0.2) is 6.33 Å². The highest BCUT2D eigenvalue weighted by Crippen LogP contribution is 2.01. The van der Waals surface area contributed by atoms with Crippen molar-refractivity contribution in [2.45, 2.75) is 6.42 Å². The molecule has 0 fully saturated rings. The summed E-state index contributed by atoms with van der Waals surface area (Å²) >= 11 is 0. The Morgan fingerprint density at radius 3 is 2.87 bits per heavy atom. The highest BCUT2D eigenvalue weighted by Gasteiger charge is 1.99. The number of nitrogen functional groups attached to an aromatic ring is 1. The molecule has 0 aliphatic heterocycles. The molecule has 0 radical (unpaired) electrons. The summed E-state index contributed by atoms with van der Waals surface area (Å²) in [5.74, 6) is 1.66. The number of rotatable bonds is 4. The van der Waals surface area contributed by atoms with Crippen molar-refractivity contribution in [3.63, 3.8) is 0 Å². The van der Waals surface area contributed by atoms with E-state index in [0.717, 1.165) is 0 Å². The van der Waals surface area contributed by atoms with Crippen LogP contribution in [0.4, 0.5) is 11.6 Å². The minimum Gasteiger partial charge on any atom is -0.382 e. The van der Waals surface area contributed by atoms with Gasteiger partial charge < -0.3 is 15.6 Å². The van der Waals surface area contributed by atoms with Crippen LogP contribution in [0, 0.1) is 0 Å². The molecular formula is C8H10N6O. The lowest BCUT2D eigenvalue weighted by Crippen LogP contribution is -2.07. The summed E-state index contributed by atoms with van der Waals surface area (Å²) in [6, 6.07) is 0. The number of anilines is 2. The van der Waals surface area contributed by atoms with Gasteiger partial charge in [-0.25, -0.2) is 9.97 Å². The predicted octanol–water partition coefficient (Wildman–Crippen LogP) is 0.0964. The third kappa shape index (κ3) is 2.63. The Morgan fingerprint density at radius 1 is 1.27 bits per heavy atom. The monoisotopic (exact) mass is 206 g/mol. The highest BCUT2D eigenvalue weighted by molar-refractivity contribution is 5.35. The Hall–Kier alpha value is -2.18. The Labute approximate surface area is 85.7 Å². The molecule has 2 aromatic heterocycles. The first-order valence-electron chi connectivity index (χ1n) is 4.41. The number of nitrogens with zero attached hydrogens (tertiary/aromatic N) is 4. The Kier molecular flexibility index (Phi) is 2.72. The summed E-state index contributed by atoms with van der Waals surface area (Å²) in [5.41, 5.74) is 5.40. The first-order chi connectivity index (χ1) is 7.34. The van der Waals surface area contributed by atoms with E-state index in [0.29, 0.717) is 30.5 Å². The third-order valence-electron chi connectivity index (χ3n) is 1.72. The normalized spacial score (nSPS) is 10.1. The minimum atomic E-state index is 0.400. The number of hydrogen-bond acceptors (Lipinski definition) is 7. The van der Waals surface area contributed by atoms with E-state index in [1.165, 1.54) is 12.5 Å². The van der Waals surface area contributed by atoms with Crippen molar-refractivity contribution in [3.8, 4) is 0 Å². The SMILES string of the molecule is Nc1cnc(NCCc2ncno2)cn1. The molecule has 0 unspecified atom stereocenters. The van der Waals surface area contributed by atoms with Gasteiger partial charge in [0.05, 0.1) is 12.4 Å². The largest absolute Gasteiger partial charge is 0.382 e. The quantitative estimate of drug-likeness (QED) is 0.730. The van der Waals surface area contributed by atoms with Gasteiger partial charge in [0.2, 0.25) is 5.89 Å². The van der Waals surface area contributed by atoms with Crippen LogP contribution >= 0.6 is 0 Å². The molecular weight excluding hydrogens is 196 g/mol. The topological polar surface area (TPSA) is 103 Å². The first kappa shape index (κ1) is 9.38. The van der Waals surface area contributed by atoms with Crippen LogP contribution in [-0.4, -0.2) is 26.7 Å². The Bertz CT molecular complexity index is 398. The van der Waals surface area contributed by atoms with Gasteiger partial charge in [-0.05, 0) is 0 Å². The fourth-order valence-electron chi connectivity index (χ4n) is 1.03. The van der Waals surface area contributed by atoms with E-state index in [-0.39, 0.29) is 0 Å². The second-order valence-corrected chi connectivity index (χ2v) is 2.84. The van der Waals surface area contributed by atoms with Gasteiger partial charge in [-0.15, -0.1) is 0 Å². The van der Waals surface area contributed by atoms with Crippen LogP contribution in [0.5, 0.6) is 0 Å². The average Bonchev–Trinajstić information content (AvgIpc) is 2.74. The van der Waals surface area contributed by atoms with Gasteiger partial charge in [0, 0.05) is 13.0 Å². The summed E-state index contributed by atoms with van der Waals surface area (Å²) < 4.78 is 4.83. The molecule has 3 N–H and O–H groups in total. The first-order valence-corrected chi connectivity index (χ1v) is 4.41. The number of hydrogen-bond donors (Lipinski definition) is 2. The van der Waals surface area contributed by atoms with Crippen LogP contribution in [0.15, 0.2) is 23.2 Å². The van der Waals surface area contributed by atoms with E-state index < -0.39 is 0 Å². The molecule has 0 aliphatic rings. The second-order valence-electron chi connectivity index (χ2n) is 2.84. The van der Waals surface area contributed by atoms with Gasteiger partial charge in [-0.3, -0.25) is 0 Å². The highest BCUT2D eigenvalue weighted by atomic mass is 16.5. The number of nitrogens with one attached hydrogen (secondary N) is 1. The molecule has 15 heavy (non-hydrogen) atoms. The van der Waals surface area contributed by atoms with Crippen molar-refractivity contribution in [2.75, 3.05) is 17.6 Å². The molecule has 2 heterocycles. The zero-order chi connectivity index (χ0) is 10.5. The second kappa shape index (κ2) is 4.36. The molecule has 2 aromatic rings. The fourth-order valence-corrected chi connectivity index (χ4v) is 1.03. The van der Waals surface area contributed by atoms with Gasteiger partial charge in [-0.2, -0.15) is 4.98 Å². The summed E-state index contributed by atoms with van der Waals surface area (Å²) in [7, 11) is 0. The lowest BCUT2D eigenvalue weighted by Gasteiger charge is -2.02. The van der Waals surface area contributed by atoms with E-state index in [1.54, 1.807) is 6.20 Å². The van der Waals surface area contributed by atoms with E-state index >= 15 is 0 Å². The fraction of sp³-hybridized carbons (Fsp3) is 0.250. The molecule has 0 bridgehead atoms. The lowest BCUT2D eigenvalue weighted by atomic mass is 10.4. The van der Waals surface area contributed by atoms with E-state index in [4.69, 9.17) is 10.3 Å². The lowest BCUT2D eigenvalue weighted by molar-refractivity contribution is 0.379. The zero-order valence-electron chi connectivity index (χ0n) is 7.92. The molecule has 0 spiro atoms. The molecule has 0 aromatic carbocycles. The van der Waals surface area contributed by atoms with Crippen LogP contribution in [0.1, 0.15) is 5.89 Å². The number of aromatic nitrogens is 4. The molecule has 0 atom stereocenters. The van der Waals surface area contributed by atoms with Crippen LogP contribution < -0.4 is 11.1 Å². The molecule has 7 nitrogen and oxygen atoms in total. The van der Waals surface area contributed by atoms with Crippen molar-refractivity contribution in [2.24, 2.45) is 0 Å². The predicted molar refractivity (Wildman–Crippen MR) is 52.9 cm³/mol. The molecule has 2 rings (SSSR count). The maximum absolute atomic E-state index is 5.40. The van der Waals surface area contributed by atoms with Crippen molar-refractivity contribution in [1.82, 2.24) is 20.1 Å². The Morgan fingerprint density at radius 2 is 2.20 bits per heavy atom. The number of nitrogens with two attached hydrogens (primary N) is 1. The maximum Gasteiger partial charge on any atom is 0.228 e. The van der Waals surface area contributed by atoms with Crippen molar-refractivity contribution >= 4 is 11.6 Å². The minimum absolute atomic E-state index is 0.400. The maximum atomic E-state index is 5.40. The smallest absolute Gasteiger partial charge is 0.228 e. The zero-order valence-corrected chi connectivity index (χ0v) is 7.92. The van der Waals surface area contributed by atoms with Gasteiger partial charge in [0.1, 0.15) is 11.6 Å². The molecule has 7 heteroatoms. The molecule has 0 amide bonds.